The van der Waals surface area contributed by atoms with Crippen LogP contribution in [0.5, 0.6) is 0 Å². The smallest absolute Gasteiger partial charge is 0.343 e. The molecule has 0 saturated heterocycles. The van der Waals surface area contributed by atoms with Crippen molar-refractivity contribution in [2.45, 2.75) is 6.92 Å². The van der Waals surface area contributed by atoms with Crippen LogP contribution in [0, 0.1) is 6.92 Å². The first-order valence-electron chi connectivity index (χ1n) is 4.97. The molecule has 0 unspecified atom stereocenters. The average molecular weight is 224 g/mol. The molecule has 0 aliphatic heterocycles. The molecule has 16 heavy (non-hydrogen) atoms. The number of carbonyl (C=O) groups excluding carboxylic acids is 1. The topological polar surface area (TPSA) is 59.6 Å². The summed E-state index contributed by atoms with van der Waals surface area (Å²) < 4.78 is 4.76. The van der Waals surface area contributed by atoms with Gasteiger partial charge in [0.1, 0.15) is 0 Å². The van der Waals surface area contributed by atoms with Gasteiger partial charge in [-0.3, -0.25) is 4.84 Å². The van der Waals surface area contributed by atoms with Crippen LogP contribution < -0.4 is 10.8 Å². The Bertz CT molecular complexity index is 342. The zero-order valence-corrected chi connectivity index (χ0v) is 9.45. The molecule has 5 nitrogen and oxygen atoms in total. The van der Waals surface area contributed by atoms with Gasteiger partial charge in [0.25, 0.3) is 0 Å². The SMILES string of the molecule is COCCONC(=O)Nc1cccc(C)c1. The zero-order chi connectivity index (χ0) is 11.8. The second-order valence-electron chi connectivity index (χ2n) is 3.27. The van der Waals surface area contributed by atoms with E-state index in [0.29, 0.717) is 13.2 Å². The lowest BCUT2D eigenvalue weighted by atomic mass is 10.2. The summed E-state index contributed by atoms with van der Waals surface area (Å²) in [4.78, 5) is 16.2. The van der Waals surface area contributed by atoms with Crippen molar-refractivity contribution in [1.82, 2.24) is 5.48 Å². The first kappa shape index (κ1) is 12.5. The number of hydroxylamine groups is 1. The van der Waals surface area contributed by atoms with E-state index in [-0.39, 0.29) is 0 Å². The number of methoxy groups -OCH3 is 1. The molecule has 0 atom stereocenters. The van der Waals surface area contributed by atoms with Crippen LogP contribution in [0.25, 0.3) is 0 Å². The third kappa shape index (κ3) is 4.77. The van der Waals surface area contributed by atoms with Crippen LogP contribution in [0.1, 0.15) is 5.56 Å². The minimum atomic E-state index is -0.401. The zero-order valence-electron chi connectivity index (χ0n) is 9.45. The summed E-state index contributed by atoms with van der Waals surface area (Å²) in [5, 5.41) is 2.64. The van der Waals surface area contributed by atoms with Gasteiger partial charge in [0.05, 0.1) is 13.2 Å². The molecule has 88 valence electrons. The van der Waals surface area contributed by atoms with Crippen molar-refractivity contribution in [3.63, 3.8) is 0 Å². The van der Waals surface area contributed by atoms with Crippen LogP contribution in [0.3, 0.4) is 0 Å². The molecule has 1 aromatic rings. The number of nitrogens with one attached hydrogen (secondary N) is 2. The number of hydrogen-bond donors (Lipinski definition) is 2. The molecule has 0 radical (unpaired) electrons. The summed E-state index contributed by atoms with van der Waals surface area (Å²) in [6.07, 6.45) is 0. The van der Waals surface area contributed by atoms with Gasteiger partial charge in [-0.15, -0.1) is 0 Å². The molecule has 0 aromatic heterocycles. The van der Waals surface area contributed by atoms with E-state index in [0.717, 1.165) is 11.3 Å². The lowest BCUT2D eigenvalue weighted by Crippen LogP contribution is -2.30. The fourth-order valence-electron chi connectivity index (χ4n) is 1.12. The number of hydrogen-bond acceptors (Lipinski definition) is 3. The van der Waals surface area contributed by atoms with Crippen LogP contribution in [-0.2, 0) is 9.57 Å². The molecule has 0 aliphatic carbocycles. The lowest BCUT2D eigenvalue weighted by Gasteiger charge is -2.07. The average Bonchev–Trinajstić information content (AvgIpc) is 2.24. The summed E-state index contributed by atoms with van der Waals surface area (Å²) in [6.45, 7) is 2.71. The molecule has 5 heteroatoms. The number of carbonyl (C=O) groups is 1. The molecule has 1 rings (SSSR count). The van der Waals surface area contributed by atoms with Crippen LogP contribution in [0.15, 0.2) is 24.3 Å². The quantitative estimate of drug-likeness (QED) is 0.591. The number of ether oxygens (including phenoxy) is 1. The Kier molecular flexibility index (Phi) is 5.31. The van der Waals surface area contributed by atoms with Crippen molar-refractivity contribution in [3.05, 3.63) is 29.8 Å². The highest BCUT2D eigenvalue weighted by Crippen LogP contribution is 2.08. The minimum absolute atomic E-state index is 0.317. The number of aryl methyl sites for hydroxylation is 1. The summed E-state index contributed by atoms with van der Waals surface area (Å²) in [5.74, 6) is 0. The van der Waals surface area contributed by atoms with Crippen molar-refractivity contribution >= 4 is 11.7 Å². The lowest BCUT2D eigenvalue weighted by molar-refractivity contribution is 0.0272. The molecule has 0 spiro atoms. The molecule has 0 aliphatic rings. The first-order valence-corrected chi connectivity index (χ1v) is 4.97. The molecule has 2 N–H and O–H groups in total. The van der Waals surface area contributed by atoms with Gasteiger partial charge in [-0.2, -0.15) is 0 Å². The maximum Gasteiger partial charge on any atom is 0.343 e. The maximum absolute atomic E-state index is 11.3. The highest BCUT2D eigenvalue weighted by molar-refractivity contribution is 5.88. The van der Waals surface area contributed by atoms with Gasteiger partial charge in [-0.05, 0) is 24.6 Å². The van der Waals surface area contributed by atoms with Crippen LogP contribution in [0.2, 0.25) is 0 Å². The molecule has 0 heterocycles. The van der Waals surface area contributed by atoms with E-state index >= 15 is 0 Å². The van der Waals surface area contributed by atoms with Gasteiger partial charge in [-0.25, -0.2) is 10.3 Å². The van der Waals surface area contributed by atoms with Crippen molar-refractivity contribution in [3.8, 4) is 0 Å². The maximum atomic E-state index is 11.3. The van der Waals surface area contributed by atoms with Gasteiger partial charge in [0.2, 0.25) is 0 Å². The number of benzene rings is 1. The van der Waals surface area contributed by atoms with Crippen molar-refractivity contribution in [2.75, 3.05) is 25.6 Å². The third-order valence-corrected chi connectivity index (χ3v) is 1.83. The Morgan fingerprint density at radius 2 is 2.19 bits per heavy atom. The minimum Gasteiger partial charge on any atom is -0.382 e. The molecule has 0 fully saturated rings. The van der Waals surface area contributed by atoms with Gasteiger partial charge in [-0.1, -0.05) is 12.1 Å². The Morgan fingerprint density at radius 3 is 2.88 bits per heavy atom. The summed E-state index contributed by atoms with van der Waals surface area (Å²) in [7, 11) is 1.57. The normalized spacial score (nSPS) is 9.88. The highest BCUT2D eigenvalue weighted by atomic mass is 16.7. The number of urea groups is 1. The predicted molar refractivity (Wildman–Crippen MR) is 61.2 cm³/mol. The van der Waals surface area contributed by atoms with E-state index in [1.54, 1.807) is 7.11 Å². The Labute approximate surface area is 94.7 Å². The van der Waals surface area contributed by atoms with E-state index in [4.69, 9.17) is 9.57 Å². The molecule has 0 bridgehead atoms. The van der Waals surface area contributed by atoms with Gasteiger partial charge in [0, 0.05) is 12.8 Å². The first-order chi connectivity index (χ1) is 7.72. The Morgan fingerprint density at radius 1 is 1.38 bits per heavy atom. The molecule has 1 aromatic carbocycles. The van der Waals surface area contributed by atoms with Gasteiger partial charge >= 0.3 is 6.03 Å². The molecular formula is C11H16N2O3. The van der Waals surface area contributed by atoms with Crippen LogP contribution >= 0.6 is 0 Å². The standard InChI is InChI=1S/C11H16N2O3/c1-9-4-3-5-10(8-9)12-11(14)13-16-7-6-15-2/h3-5,8H,6-7H2,1-2H3,(H2,12,13,14). The second kappa shape index (κ2) is 6.81. The Balaban J connectivity index is 2.29. The van der Waals surface area contributed by atoms with Crippen molar-refractivity contribution in [1.29, 1.82) is 0 Å². The van der Waals surface area contributed by atoms with E-state index in [2.05, 4.69) is 10.8 Å². The van der Waals surface area contributed by atoms with E-state index in [1.807, 2.05) is 31.2 Å². The molecular weight excluding hydrogens is 208 g/mol. The Hall–Kier alpha value is -1.59. The number of amides is 2. The monoisotopic (exact) mass is 224 g/mol. The van der Waals surface area contributed by atoms with Crippen molar-refractivity contribution < 1.29 is 14.4 Å². The molecule has 2 amide bonds. The summed E-state index contributed by atoms with van der Waals surface area (Å²) >= 11 is 0. The molecule has 0 saturated carbocycles. The van der Waals surface area contributed by atoms with E-state index < -0.39 is 6.03 Å². The number of anilines is 1. The summed E-state index contributed by atoms with van der Waals surface area (Å²) in [5.41, 5.74) is 4.07. The van der Waals surface area contributed by atoms with E-state index in [9.17, 15) is 4.79 Å². The largest absolute Gasteiger partial charge is 0.382 e. The van der Waals surface area contributed by atoms with Crippen LogP contribution in [-0.4, -0.2) is 26.4 Å². The third-order valence-electron chi connectivity index (χ3n) is 1.83. The van der Waals surface area contributed by atoms with Crippen LogP contribution in [0.4, 0.5) is 10.5 Å². The fraction of sp³-hybridized carbons (Fsp3) is 0.364. The van der Waals surface area contributed by atoms with Gasteiger partial charge < -0.3 is 10.1 Å². The fourth-order valence-corrected chi connectivity index (χ4v) is 1.12. The number of rotatable bonds is 5. The van der Waals surface area contributed by atoms with Crippen molar-refractivity contribution in [2.24, 2.45) is 0 Å². The highest BCUT2D eigenvalue weighted by Gasteiger charge is 2.00. The second-order valence-corrected chi connectivity index (χ2v) is 3.27. The predicted octanol–water partition coefficient (Wildman–Crippen LogP) is 1.69. The van der Waals surface area contributed by atoms with Gasteiger partial charge in [0.15, 0.2) is 0 Å². The summed E-state index contributed by atoms with van der Waals surface area (Å²) in [6, 6.07) is 7.10. The van der Waals surface area contributed by atoms with E-state index in [1.165, 1.54) is 0 Å².